The number of hydrogen-bond donors (Lipinski definition) is 1. The third-order valence-corrected chi connectivity index (χ3v) is 6.30. The van der Waals surface area contributed by atoms with E-state index < -0.39 is 23.5 Å². The molecular weight excluding hydrogens is 504 g/mol. The van der Waals surface area contributed by atoms with Crippen molar-refractivity contribution in [2.24, 2.45) is 0 Å². The Hall–Kier alpha value is -4.11. The van der Waals surface area contributed by atoms with E-state index in [0.29, 0.717) is 28.3 Å². The molecule has 0 saturated carbocycles. The normalized spacial score (nSPS) is 17.1. The second-order valence-electron chi connectivity index (χ2n) is 7.78. The molecule has 1 unspecified atom stereocenters. The summed E-state index contributed by atoms with van der Waals surface area (Å²) in [7, 11) is 0. The number of fused-ring (bicyclic) bond motifs is 2. The first kappa shape index (κ1) is 20.5. The van der Waals surface area contributed by atoms with E-state index in [1.54, 1.807) is 60.9 Å². The lowest BCUT2D eigenvalue weighted by Gasteiger charge is -2.26. The molecule has 1 atom stereocenters. The Kier molecular flexibility index (Phi) is 4.66. The third kappa shape index (κ3) is 3.16. The summed E-state index contributed by atoms with van der Waals surface area (Å²) in [5.41, 5.74) is 1.49. The van der Waals surface area contributed by atoms with Gasteiger partial charge in [-0.3, -0.25) is 19.5 Å². The topological polar surface area (TPSA) is 102 Å². The van der Waals surface area contributed by atoms with Crippen molar-refractivity contribution in [1.82, 2.24) is 4.98 Å². The molecule has 0 spiro atoms. The summed E-state index contributed by atoms with van der Waals surface area (Å²) in [5.74, 6) is -0.870. The number of hydrogen-bond acceptors (Lipinski definition) is 7. The van der Waals surface area contributed by atoms with Crippen LogP contribution in [0.3, 0.4) is 0 Å². The standard InChI is InChI=1S/C25H15BrN2O6/c26-15-1-3-17-14(9-15)10-20(34-17)23(29)21-22(13-5-7-27-8-6-13)28(25(31)24(21)30)16-2-4-18-19(11-16)33-12-32-18/h1-11,22,30H,12H2. The minimum absolute atomic E-state index is 0.0223. The zero-order chi connectivity index (χ0) is 23.4. The quantitative estimate of drug-likeness (QED) is 0.375. The van der Waals surface area contributed by atoms with Gasteiger partial charge in [0, 0.05) is 34.0 Å². The Bertz CT molecular complexity index is 1510. The van der Waals surface area contributed by atoms with Crippen LogP contribution in [0, 0.1) is 0 Å². The van der Waals surface area contributed by atoms with E-state index in [0.717, 1.165) is 9.86 Å². The van der Waals surface area contributed by atoms with Gasteiger partial charge in [-0.25, -0.2) is 0 Å². The van der Waals surface area contributed by atoms with Gasteiger partial charge in [0.25, 0.3) is 5.91 Å². The van der Waals surface area contributed by atoms with Gasteiger partial charge < -0.3 is 19.0 Å². The van der Waals surface area contributed by atoms with Gasteiger partial charge in [-0.15, -0.1) is 0 Å². The number of aromatic nitrogens is 1. The fourth-order valence-corrected chi connectivity index (χ4v) is 4.64. The van der Waals surface area contributed by atoms with Crippen LogP contribution in [-0.2, 0) is 4.79 Å². The van der Waals surface area contributed by atoms with Crippen molar-refractivity contribution in [2.45, 2.75) is 6.04 Å². The minimum atomic E-state index is -0.900. The Morgan fingerprint density at radius 2 is 1.82 bits per heavy atom. The van der Waals surface area contributed by atoms with E-state index in [1.807, 2.05) is 6.07 Å². The summed E-state index contributed by atoms with van der Waals surface area (Å²) < 4.78 is 17.4. The highest BCUT2D eigenvalue weighted by Gasteiger charge is 2.45. The molecule has 34 heavy (non-hydrogen) atoms. The zero-order valence-corrected chi connectivity index (χ0v) is 19.0. The van der Waals surface area contributed by atoms with Gasteiger partial charge >= 0.3 is 0 Å². The molecule has 4 aromatic rings. The maximum atomic E-state index is 13.6. The molecule has 2 aromatic heterocycles. The lowest BCUT2D eigenvalue weighted by molar-refractivity contribution is -0.117. The van der Waals surface area contributed by atoms with Gasteiger partial charge in [0.05, 0.1) is 11.6 Å². The first-order chi connectivity index (χ1) is 16.5. The fraction of sp³-hybridized carbons (Fsp3) is 0.0800. The molecule has 1 amide bonds. The molecule has 2 aromatic carbocycles. The van der Waals surface area contributed by atoms with Crippen molar-refractivity contribution < 1.29 is 28.6 Å². The van der Waals surface area contributed by atoms with Crippen molar-refractivity contribution in [3.05, 3.63) is 94.1 Å². The second kappa shape index (κ2) is 7.74. The van der Waals surface area contributed by atoms with Gasteiger partial charge in [-0.1, -0.05) is 15.9 Å². The van der Waals surface area contributed by atoms with E-state index in [1.165, 1.54) is 4.90 Å². The number of nitrogens with zero attached hydrogens (tertiary/aromatic N) is 2. The zero-order valence-electron chi connectivity index (χ0n) is 17.4. The fourth-order valence-electron chi connectivity index (χ4n) is 4.26. The Balaban J connectivity index is 1.48. The number of pyridine rings is 1. The molecule has 8 nitrogen and oxygen atoms in total. The van der Waals surface area contributed by atoms with E-state index in [9.17, 15) is 14.7 Å². The summed E-state index contributed by atoms with van der Waals surface area (Å²) in [6, 6.07) is 14.5. The summed E-state index contributed by atoms with van der Waals surface area (Å²) in [6.07, 6.45) is 3.13. The molecule has 9 heteroatoms. The smallest absolute Gasteiger partial charge is 0.294 e. The molecule has 0 aliphatic carbocycles. The number of ketones is 1. The number of anilines is 1. The Labute approximate surface area is 201 Å². The predicted octanol–water partition coefficient (Wildman–Crippen LogP) is 5.10. The average Bonchev–Trinajstić information content (AvgIpc) is 3.55. The molecule has 4 heterocycles. The number of aliphatic hydroxyl groups is 1. The van der Waals surface area contributed by atoms with E-state index in [4.69, 9.17) is 13.9 Å². The molecule has 6 rings (SSSR count). The maximum Gasteiger partial charge on any atom is 0.294 e. The van der Waals surface area contributed by atoms with Crippen molar-refractivity contribution in [3.8, 4) is 11.5 Å². The van der Waals surface area contributed by atoms with E-state index >= 15 is 0 Å². The molecule has 0 saturated heterocycles. The number of benzene rings is 2. The highest BCUT2D eigenvalue weighted by molar-refractivity contribution is 9.10. The summed E-state index contributed by atoms with van der Waals surface area (Å²) in [6.45, 7) is 0.0793. The second-order valence-corrected chi connectivity index (χ2v) is 8.70. The number of amides is 1. The molecule has 2 aliphatic heterocycles. The summed E-state index contributed by atoms with van der Waals surface area (Å²) >= 11 is 3.41. The van der Waals surface area contributed by atoms with E-state index in [-0.39, 0.29) is 18.1 Å². The third-order valence-electron chi connectivity index (χ3n) is 5.81. The van der Waals surface area contributed by atoms with Gasteiger partial charge in [0.1, 0.15) is 5.58 Å². The molecule has 0 radical (unpaired) electrons. The van der Waals surface area contributed by atoms with Gasteiger partial charge in [-0.05, 0) is 54.1 Å². The molecular formula is C25H15BrN2O6. The number of carbonyl (C=O) groups is 2. The van der Waals surface area contributed by atoms with Crippen LogP contribution in [0.4, 0.5) is 5.69 Å². The van der Waals surface area contributed by atoms with Crippen molar-refractivity contribution in [1.29, 1.82) is 0 Å². The van der Waals surface area contributed by atoms with Gasteiger partial charge in [0.15, 0.2) is 23.0 Å². The molecule has 0 bridgehead atoms. The molecule has 1 N–H and O–H groups in total. The minimum Gasteiger partial charge on any atom is -0.503 e. The number of furan rings is 1. The molecule has 0 fully saturated rings. The number of ether oxygens (including phenoxy) is 2. The van der Waals surface area contributed by atoms with Crippen molar-refractivity contribution in [2.75, 3.05) is 11.7 Å². The first-order valence-corrected chi connectivity index (χ1v) is 11.1. The average molecular weight is 519 g/mol. The maximum absolute atomic E-state index is 13.6. The predicted molar refractivity (Wildman–Crippen MR) is 125 cm³/mol. The first-order valence-electron chi connectivity index (χ1n) is 10.3. The van der Waals surface area contributed by atoms with Crippen LogP contribution in [0.15, 0.2) is 87.2 Å². The lowest BCUT2D eigenvalue weighted by atomic mass is 9.95. The number of aliphatic hydroxyl groups excluding tert-OH is 1. The van der Waals surface area contributed by atoms with Crippen LogP contribution in [-0.4, -0.2) is 28.6 Å². The van der Waals surface area contributed by atoms with Gasteiger partial charge in [0.2, 0.25) is 12.6 Å². The van der Waals surface area contributed by atoms with Crippen LogP contribution in [0.25, 0.3) is 11.0 Å². The summed E-state index contributed by atoms with van der Waals surface area (Å²) in [4.78, 5) is 32.3. The largest absolute Gasteiger partial charge is 0.503 e. The number of rotatable bonds is 4. The number of Topliss-reactive ketones (excluding diaryl/α,β-unsaturated/α-hetero) is 1. The monoisotopic (exact) mass is 518 g/mol. The Morgan fingerprint density at radius 1 is 1.03 bits per heavy atom. The Morgan fingerprint density at radius 3 is 2.65 bits per heavy atom. The van der Waals surface area contributed by atoms with E-state index in [2.05, 4.69) is 20.9 Å². The molecule has 2 aliphatic rings. The van der Waals surface area contributed by atoms with Crippen molar-refractivity contribution >= 4 is 44.3 Å². The van der Waals surface area contributed by atoms with Crippen LogP contribution < -0.4 is 14.4 Å². The summed E-state index contributed by atoms with van der Waals surface area (Å²) in [5, 5.41) is 11.6. The van der Waals surface area contributed by atoms with Gasteiger partial charge in [-0.2, -0.15) is 0 Å². The SMILES string of the molecule is O=C(C1=C(O)C(=O)N(c2ccc3c(c2)OCO3)C1c1ccncc1)c1cc2cc(Br)ccc2o1. The van der Waals surface area contributed by atoms with Crippen molar-refractivity contribution in [3.63, 3.8) is 0 Å². The molecule has 168 valence electrons. The van der Waals surface area contributed by atoms with Crippen LogP contribution in [0.2, 0.25) is 0 Å². The van der Waals surface area contributed by atoms with Crippen LogP contribution in [0.1, 0.15) is 22.2 Å². The highest BCUT2D eigenvalue weighted by atomic mass is 79.9. The highest BCUT2D eigenvalue weighted by Crippen LogP contribution is 2.45. The van der Waals surface area contributed by atoms with Crippen LogP contribution in [0.5, 0.6) is 11.5 Å². The lowest BCUT2D eigenvalue weighted by Crippen LogP contribution is -2.31. The number of halogens is 1. The number of carbonyl (C=O) groups excluding carboxylic acids is 2. The van der Waals surface area contributed by atoms with Crippen LogP contribution >= 0.6 is 15.9 Å².